The quantitative estimate of drug-likeness (QED) is 0.836. The minimum atomic E-state index is -0.304. The van der Waals surface area contributed by atoms with E-state index in [2.05, 4.69) is 5.32 Å². The third kappa shape index (κ3) is 2.06. The Bertz CT molecular complexity index is 428. The van der Waals surface area contributed by atoms with Gasteiger partial charge in [-0.15, -0.1) is 0 Å². The maximum atomic E-state index is 12.7. The van der Waals surface area contributed by atoms with Crippen LogP contribution in [0, 0.1) is 17.7 Å². The van der Waals surface area contributed by atoms with Crippen molar-refractivity contribution in [1.82, 2.24) is 5.32 Å². The number of hydrogen-bond acceptors (Lipinski definition) is 1. The van der Waals surface area contributed by atoms with Crippen molar-refractivity contribution in [2.45, 2.75) is 31.7 Å². The first-order chi connectivity index (χ1) is 8.22. The lowest BCUT2D eigenvalue weighted by molar-refractivity contribution is 0.0923. The Morgan fingerprint density at radius 2 is 1.94 bits per heavy atom. The predicted octanol–water partition coefficient (Wildman–Crippen LogP) is 2.74. The van der Waals surface area contributed by atoms with Crippen LogP contribution in [0.2, 0.25) is 0 Å². The molecule has 2 bridgehead atoms. The zero-order valence-corrected chi connectivity index (χ0v) is 9.66. The van der Waals surface area contributed by atoms with Crippen LogP contribution in [0.5, 0.6) is 0 Å². The van der Waals surface area contributed by atoms with Gasteiger partial charge in [0, 0.05) is 11.6 Å². The summed E-state index contributed by atoms with van der Waals surface area (Å²) in [5.74, 6) is 1.12. The van der Waals surface area contributed by atoms with Crippen molar-refractivity contribution in [3.8, 4) is 0 Å². The van der Waals surface area contributed by atoms with Crippen LogP contribution in [0.3, 0.4) is 0 Å². The van der Waals surface area contributed by atoms with Crippen molar-refractivity contribution in [2.24, 2.45) is 11.8 Å². The van der Waals surface area contributed by atoms with Gasteiger partial charge in [-0.05, 0) is 55.4 Å². The highest BCUT2D eigenvalue weighted by Crippen LogP contribution is 2.44. The molecule has 0 heterocycles. The van der Waals surface area contributed by atoms with Crippen LogP contribution in [0.25, 0.3) is 0 Å². The molecule has 17 heavy (non-hydrogen) atoms. The molecule has 3 rings (SSSR count). The van der Waals surface area contributed by atoms with E-state index >= 15 is 0 Å². The summed E-state index contributed by atoms with van der Waals surface area (Å²) in [5.41, 5.74) is 0.550. The van der Waals surface area contributed by atoms with Crippen LogP contribution in [0.15, 0.2) is 24.3 Å². The van der Waals surface area contributed by atoms with E-state index in [9.17, 15) is 9.18 Å². The summed E-state index contributed by atoms with van der Waals surface area (Å²) in [4.78, 5) is 12.0. The molecule has 3 atom stereocenters. The van der Waals surface area contributed by atoms with Crippen molar-refractivity contribution in [2.75, 3.05) is 0 Å². The van der Waals surface area contributed by atoms with Gasteiger partial charge < -0.3 is 5.32 Å². The second kappa shape index (κ2) is 4.13. The minimum absolute atomic E-state index is 0.0671. The lowest BCUT2D eigenvalue weighted by atomic mass is 9.95. The third-order valence-corrected chi connectivity index (χ3v) is 4.16. The van der Waals surface area contributed by atoms with Gasteiger partial charge in [-0.2, -0.15) is 0 Å². The molecule has 1 N–H and O–H groups in total. The van der Waals surface area contributed by atoms with Gasteiger partial charge in [-0.25, -0.2) is 4.39 Å². The van der Waals surface area contributed by atoms with Gasteiger partial charge in [-0.1, -0.05) is 6.42 Å². The van der Waals surface area contributed by atoms with Crippen molar-refractivity contribution < 1.29 is 9.18 Å². The van der Waals surface area contributed by atoms with Crippen LogP contribution < -0.4 is 5.32 Å². The normalized spacial score (nSPS) is 30.5. The van der Waals surface area contributed by atoms with Crippen LogP contribution >= 0.6 is 0 Å². The van der Waals surface area contributed by atoms with Crippen molar-refractivity contribution in [3.63, 3.8) is 0 Å². The van der Waals surface area contributed by atoms with Gasteiger partial charge in [0.25, 0.3) is 5.91 Å². The number of amides is 1. The molecule has 0 unspecified atom stereocenters. The van der Waals surface area contributed by atoms with Crippen molar-refractivity contribution in [1.29, 1.82) is 0 Å². The molecule has 2 aliphatic carbocycles. The molecule has 0 saturated heterocycles. The smallest absolute Gasteiger partial charge is 0.251 e. The molecule has 1 aromatic rings. The zero-order valence-electron chi connectivity index (χ0n) is 9.66. The Morgan fingerprint density at radius 1 is 1.18 bits per heavy atom. The maximum Gasteiger partial charge on any atom is 0.251 e. The molecule has 2 fully saturated rings. The Balaban J connectivity index is 1.65. The van der Waals surface area contributed by atoms with E-state index in [4.69, 9.17) is 0 Å². The molecule has 2 aliphatic rings. The van der Waals surface area contributed by atoms with Crippen LogP contribution in [-0.4, -0.2) is 11.9 Å². The molecule has 1 amide bonds. The number of fused-ring (bicyclic) bond motifs is 2. The van der Waals surface area contributed by atoms with E-state index in [1.54, 1.807) is 0 Å². The van der Waals surface area contributed by atoms with E-state index in [-0.39, 0.29) is 11.7 Å². The average Bonchev–Trinajstić information content (AvgIpc) is 2.91. The zero-order chi connectivity index (χ0) is 11.8. The number of carbonyl (C=O) groups excluding carboxylic acids is 1. The largest absolute Gasteiger partial charge is 0.349 e. The summed E-state index contributed by atoms with van der Waals surface area (Å²) in [5, 5.41) is 3.08. The number of rotatable bonds is 2. The fourth-order valence-electron chi connectivity index (χ4n) is 3.27. The molecule has 3 heteroatoms. The standard InChI is InChI=1S/C14H16FNO/c15-12-5-3-10(4-6-12)14(17)16-13-8-9-1-2-11(13)7-9/h3-6,9,11,13H,1-2,7-8H2,(H,16,17)/t9-,11-,13-/m1/s1. The Morgan fingerprint density at radius 3 is 2.53 bits per heavy atom. The number of halogens is 1. The Kier molecular flexibility index (Phi) is 2.61. The number of hydrogen-bond donors (Lipinski definition) is 1. The van der Waals surface area contributed by atoms with Crippen LogP contribution in [-0.2, 0) is 0 Å². The second-order valence-corrected chi connectivity index (χ2v) is 5.26. The molecular weight excluding hydrogens is 217 g/mol. The second-order valence-electron chi connectivity index (χ2n) is 5.26. The molecule has 0 aromatic heterocycles. The fraction of sp³-hybridized carbons (Fsp3) is 0.500. The monoisotopic (exact) mass is 233 g/mol. The first-order valence-corrected chi connectivity index (χ1v) is 6.29. The molecular formula is C14H16FNO. The fourth-order valence-corrected chi connectivity index (χ4v) is 3.27. The summed E-state index contributed by atoms with van der Waals surface area (Å²) in [6, 6.07) is 6.08. The SMILES string of the molecule is O=C(N[C@@H]1C[C@@H]2CC[C@@H]1C2)c1ccc(F)cc1. The molecule has 2 nitrogen and oxygen atoms in total. The molecule has 0 radical (unpaired) electrons. The van der Waals surface area contributed by atoms with Crippen molar-refractivity contribution in [3.05, 3.63) is 35.6 Å². The van der Waals surface area contributed by atoms with E-state index in [0.717, 1.165) is 12.3 Å². The van der Waals surface area contributed by atoms with Crippen molar-refractivity contribution >= 4 is 5.91 Å². The Hall–Kier alpha value is -1.38. The summed E-state index contributed by atoms with van der Waals surface area (Å²) in [7, 11) is 0. The first-order valence-electron chi connectivity index (χ1n) is 6.29. The molecule has 90 valence electrons. The van der Waals surface area contributed by atoms with Gasteiger partial charge in [-0.3, -0.25) is 4.79 Å². The number of carbonyl (C=O) groups is 1. The lowest BCUT2D eigenvalue weighted by Crippen LogP contribution is -2.38. The number of benzene rings is 1. The van der Waals surface area contributed by atoms with E-state index < -0.39 is 0 Å². The minimum Gasteiger partial charge on any atom is -0.349 e. The molecule has 2 saturated carbocycles. The predicted molar refractivity (Wildman–Crippen MR) is 63.1 cm³/mol. The first kappa shape index (κ1) is 10.8. The average molecular weight is 233 g/mol. The highest BCUT2D eigenvalue weighted by atomic mass is 19.1. The van der Waals surface area contributed by atoms with Gasteiger partial charge in [0.2, 0.25) is 0 Å². The summed E-state index contributed by atoms with van der Waals surface area (Å²) in [6.07, 6.45) is 4.97. The maximum absolute atomic E-state index is 12.7. The summed E-state index contributed by atoms with van der Waals surface area (Å²) < 4.78 is 12.7. The van der Waals surface area contributed by atoms with Crippen LogP contribution in [0.1, 0.15) is 36.0 Å². The van der Waals surface area contributed by atoms with Gasteiger partial charge >= 0.3 is 0 Å². The van der Waals surface area contributed by atoms with E-state index in [0.29, 0.717) is 17.5 Å². The van der Waals surface area contributed by atoms with Gasteiger partial charge in [0.15, 0.2) is 0 Å². The Labute approximate surface area is 100 Å². The molecule has 0 spiro atoms. The summed E-state index contributed by atoms with van der Waals surface area (Å²) in [6.45, 7) is 0. The summed E-state index contributed by atoms with van der Waals surface area (Å²) >= 11 is 0. The highest BCUT2D eigenvalue weighted by Gasteiger charge is 2.40. The molecule has 1 aromatic carbocycles. The van der Waals surface area contributed by atoms with Gasteiger partial charge in [0.05, 0.1) is 0 Å². The topological polar surface area (TPSA) is 29.1 Å². The van der Waals surface area contributed by atoms with E-state index in [1.807, 2.05) is 0 Å². The van der Waals surface area contributed by atoms with Crippen LogP contribution in [0.4, 0.5) is 4.39 Å². The number of nitrogens with one attached hydrogen (secondary N) is 1. The molecule has 0 aliphatic heterocycles. The third-order valence-electron chi connectivity index (χ3n) is 4.16. The highest BCUT2D eigenvalue weighted by molar-refractivity contribution is 5.94. The lowest BCUT2D eigenvalue weighted by Gasteiger charge is -2.22. The van der Waals surface area contributed by atoms with Gasteiger partial charge in [0.1, 0.15) is 5.82 Å². The van der Waals surface area contributed by atoms with E-state index in [1.165, 1.54) is 43.5 Å².